The SMILES string of the molecule is COCC(C)CNC(=O)NC(CCC(N)=O)C(=O)O. The quantitative estimate of drug-likeness (QED) is 0.441. The van der Waals surface area contributed by atoms with Crippen LogP contribution in [0.25, 0.3) is 0 Å². The van der Waals surface area contributed by atoms with Crippen molar-refractivity contribution in [1.29, 1.82) is 0 Å². The van der Waals surface area contributed by atoms with Crippen molar-refractivity contribution in [2.75, 3.05) is 20.3 Å². The Hall–Kier alpha value is -1.83. The summed E-state index contributed by atoms with van der Waals surface area (Å²) in [6, 6.07) is -1.73. The number of primary amides is 1. The molecule has 0 bridgehead atoms. The highest BCUT2D eigenvalue weighted by atomic mass is 16.5. The molecule has 0 saturated carbocycles. The minimum atomic E-state index is -1.21. The van der Waals surface area contributed by atoms with E-state index in [1.54, 1.807) is 7.11 Å². The second kappa shape index (κ2) is 9.15. The summed E-state index contributed by atoms with van der Waals surface area (Å²) in [5.74, 6) is -1.70. The monoisotopic (exact) mass is 275 g/mol. The van der Waals surface area contributed by atoms with Crippen molar-refractivity contribution in [3.05, 3.63) is 0 Å². The maximum absolute atomic E-state index is 11.5. The number of aliphatic carboxylic acids is 1. The van der Waals surface area contributed by atoms with E-state index in [2.05, 4.69) is 10.6 Å². The van der Waals surface area contributed by atoms with Crippen LogP contribution in [0.2, 0.25) is 0 Å². The van der Waals surface area contributed by atoms with E-state index in [4.69, 9.17) is 15.6 Å². The third-order valence-electron chi connectivity index (χ3n) is 2.35. The molecule has 0 aromatic heterocycles. The minimum absolute atomic E-state index is 0.0360. The van der Waals surface area contributed by atoms with Crippen LogP contribution in [-0.2, 0) is 14.3 Å². The summed E-state index contributed by atoms with van der Waals surface area (Å²) in [6.45, 7) is 2.73. The molecule has 3 amide bonds. The number of hydrogen-bond acceptors (Lipinski definition) is 4. The molecule has 0 radical (unpaired) electrons. The second-order valence-corrected chi connectivity index (χ2v) is 4.31. The Kier molecular flexibility index (Phi) is 8.27. The number of methoxy groups -OCH3 is 1. The molecule has 2 unspecified atom stereocenters. The summed E-state index contributed by atoms with van der Waals surface area (Å²) in [6.07, 6.45) is -0.136. The molecule has 8 nitrogen and oxygen atoms in total. The van der Waals surface area contributed by atoms with Crippen LogP contribution in [0.1, 0.15) is 19.8 Å². The average Bonchev–Trinajstić information content (AvgIpc) is 2.31. The van der Waals surface area contributed by atoms with Gasteiger partial charge < -0.3 is 26.2 Å². The molecule has 0 spiro atoms. The normalized spacial score (nSPS) is 13.4. The molecule has 0 aromatic carbocycles. The van der Waals surface area contributed by atoms with Crippen LogP contribution in [0.5, 0.6) is 0 Å². The summed E-state index contributed by atoms with van der Waals surface area (Å²) < 4.78 is 4.90. The maximum atomic E-state index is 11.5. The first kappa shape index (κ1) is 17.2. The summed E-state index contributed by atoms with van der Waals surface area (Å²) in [4.78, 5) is 32.9. The molecule has 0 aliphatic carbocycles. The average molecular weight is 275 g/mol. The van der Waals surface area contributed by atoms with E-state index in [-0.39, 0.29) is 18.8 Å². The lowest BCUT2D eigenvalue weighted by Gasteiger charge is -2.16. The van der Waals surface area contributed by atoms with Crippen molar-refractivity contribution < 1.29 is 24.2 Å². The van der Waals surface area contributed by atoms with Crippen molar-refractivity contribution in [3.8, 4) is 0 Å². The van der Waals surface area contributed by atoms with Gasteiger partial charge in [-0.1, -0.05) is 6.92 Å². The summed E-state index contributed by atoms with van der Waals surface area (Å²) in [5, 5.41) is 13.7. The van der Waals surface area contributed by atoms with Crippen molar-refractivity contribution >= 4 is 17.9 Å². The summed E-state index contributed by atoms with van der Waals surface area (Å²) in [5.41, 5.74) is 4.93. The number of urea groups is 1. The van der Waals surface area contributed by atoms with Gasteiger partial charge in [0.1, 0.15) is 6.04 Å². The lowest BCUT2D eigenvalue weighted by atomic mass is 10.1. The number of amides is 3. The van der Waals surface area contributed by atoms with E-state index < -0.39 is 23.9 Å². The van der Waals surface area contributed by atoms with Crippen LogP contribution >= 0.6 is 0 Å². The van der Waals surface area contributed by atoms with Gasteiger partial charge in [0.05, 0.1) is 6.61 Å². The van der Waals surface area contributed by atoms with Crippen LogP contribution in [0.4, 0.5) is 4.79 Å². The van der Waals surface area contributed by atoms with Crippen LogP contribution in [0.15, 0.2) is 0 Å². The Morgan fingerprint density at radius 2 is 2.00 bits per heavy atom. The summed E-state index contributed by atoms with van der Waals surface area (Å²) >= 11 is 0. The zero-order valence-corrected chi connectivity index (χ0v) is 11.1. The van der Waals surface area contributed by atoms with Gasteiger partial charge in [-0.25, -0.2) is 9.59 Å². The van der Waals surface area contributed by atoms with Crippen molar-refractivity contribution in [2.45, 2.75) is 25.8 Å². The number of rotatable bonds is 9. The standard InChI is InChI=1S/C11H21N3O5/c1-7(6-19-2)5-13-11(18)14-8(10(16)17)3-4-9(12)15/h7-8H,3-6H2,1-2H3,(H2,12,15)(H,16,17)(H2,13,14,18). The zero-order valence-electron chi connectivity index (χ0n) is 11.1. The van der Waals surface area contributed by atoms with Crippen molar-refractivity contribution in [2.24, 2.45) is 11.7 Å². The fourth-order valence-electron chi connectivity index (χ4n) is 1.36. The minimum Gasteiger partial charge on any atom is -0.480 e. The Balaban J connectivity index is 4.10. The molecular weight excluding hydrogens is 254 g/mol. The molecule has 0 aliphatic rings. The number of carbonyl (C=O) groups excluding carboxylic acids is 2. The Labute approximate surface area is 111 Å². The van der Waals surface area contributed by atoms with Gasteiger partial charge in [-0.3, -0.25) is 4.79 Å². The van der Waals surface area contributed by atoms with Gasteiger partial charge >= 0.3 is 12.0 Å². The fourth-order valence-corrected chi connectivity index (χ4v) is 1.36. The number of carboxylic acids is 1. The Bertz CT molecular complexity index is 321. The van der Waals surface area contributed by atoms with Crippen LogP contribution in [0, 0.1) is 5.92 Å². The van der Waals surface area contributed by atoms with E-state index in [0.29, 0.717) is 13.2 Å². The number of ether oxygens (including phenoxy) is 1. The van der Waals surface area contributed by atoms with Crippen LogP contribution in [0.3, 0.4) is 0 Å². The zero-order chi connectivity index (χ0) is 14.8. The van der Waals surface area contributed by atoms with Gasteiger partial charge in [0.2, 0.25) is 5.91 Å². The van der Waals surface area contributed by atoms with Crippen LogP contribution in [-0.4, -0.2) is 49.3 Å². The fraction of sp³-hybridized carbons (Fsp3) is 0.727. The Morgan fingerprint density at radius 3 is 2.47 bits per heavy atom. The smallest absolute Gasteiger partial charge is 0.326 e. The summed E-state index contributed by atoms with van der Waals surface area (Å²) in [7, 11) is 1.56. The van der Waals surface area contributed by atoms with Gasteiger partial charge in [-0.2, -0.15) is 0 Å². The van der Waals surface area contributed by atoms with E-state index in [1.165, 1.54) is 0 Å². The largest absolute Gasteiger partial charge is 0.480 e. The highest BCUT2D eigenvalue weighted by molar-refractivity contribution is 5.83. The number of nitrogens with one attached hydrogen (secondary N) is 2. The number of carboxylic acid groups (broad SMARTS) is 1. The lowest BCUT2D eigenvalue weighted by molar-refractivity contribution is -0.139. The predicted octanol–water partition coefficient (Wildman–Crippen LogP) is -0.713. The topological polar surface area (TPSA) is 131 Å². The molecule has 0 aromatic rings. The van der Waals surface area contributed by atoms with E-state index in [9.17, 15) is 14.4 Å². The van der Waals surface area contributed by atoms with Crippen molar-refractivity contribution in [1.82, 2.24) is 10.6 Å². The second-order valence-electron chi connectivity index (χ2n) is 4.31. The number of carbonyl (C=O) groups is 3. The molecule has 19 heavy (non-hydrogen) atoms. The van der Waals surface area contributed by atoms with Gasteiger partial charge in [0.25, 0.3) is 0 Å². The molecule has 0 heterocycles. The highest BCUT2D eigenvalue weighted by Gasteiger charge is 2.20. The van der Waals surface area contributed by atoms with Gasteiger partial charge in [0.15, 0.2) is 0 Å². The van der Waals surface area contributed by atoms with Gasteiger partial charge in [-0.15, -0.1) is 0 Å². The number of hydrogen-bond donors (Lipinski definition) is 4. The first-order valence-corrected chi connectivity index (χ1v) is 5.91. The molecule has 110 valence electrons. The molecule has 5 N–H and O–H groups in total. The van der Waals surface area contributed by atoms with Gasteiger partial charge in [0, 0.05) is 20.1 Å². The predicted molar refractivity (Wildman–Crippen MR) is 67.4 cm³/mol. The molecule has 0 saturated heterocycles. The first-order valence-electron chi connectivity index (χ1n) is 5.91. The third kappa shape index (κ3) is 8.83. The molecule has 8 heteroatoms. The molecule has 0 aliphatic heterocycles. The molecular formula is C11H21N3O5. The van der Waals surface area contributed by atoms with E-state index in [1.807, 2.05) is 6.92 Å². The number of nitrogens with two attached hydrogens (primary N) is 1. The molecule has 2 atom stereocenters. The van der Waals surface area contributed by atoms with Crippen LogP contribution < -0.4 is 16.4 Å². The van der Waals surface area contributed by atoms with Gasteiger partial charge in [-0.05, 0) is 12.3 Å². The van der Waals surface area contributed by atoms with E-state index >= 15 is 0 Å². The lowest BCUT2D eigenvalue weighted by Crippen LogP contribution is -2.47. The van der Waals surface area contributed by atoms with Crippen molar-refractivity contribution in [3.63, 3.8) is 0 Å². The maximum Gasteiger partial charge on any atom is 0.326 e. The Morgan fingerprint density at radius 1 is 1.37 bits per heavy atom. The molecule has 0 fully saturated rings. The molecule has 0 rings (SSSR count). The highest BCUT2D eigenvalue weighted by Crippen LogP contribution is 1.98. The first-order chi connectivity index (χ1) is 8.86. The third-order valence-corrected chi connectivity index (χ3v) is 2.35. The van der Waals surface area contributed by atoms with E-state index in [0.717, 1.165) is 0 Å².